The lowest BCUT2D eigenvalue weighted by Gasteiger charge is -2.33. The number of para-hydroxylation sites is 2. The molecule has 0 saturated heterocycles. The van der Waals surface area contributed by atoms with Crippen LogP contribution in [0.25, 0.3) is 34.9 Å². The zero-order chi connectivity index (χ0) is 46.0. The number of benzene rings is 5. The highest BCUT2D eigenvalue weighted by molar-refractivity contribution is 8.00. The largest absolute Gasteiger partial charge is 0.737 e. The Bertz CT molecular complexity index is 3400. The summed E-state index contributed by atoms with van der Waals surface area (Å²) in [5, 5.41) is 10.2. The van der Waals surface area contributed by atoms with E-state index in [4.69, 9.17) is 0 Å². The summed E-state index contributed by atoms with van der Waals surface area (Å²) in [6.45, 7) is 1.77. The third-order valence-electron chi connectivity index (χ3n) is 13.0. The van der Waals surface area contributed by atoms with Crippen molar-refractivity contribution in [3.63, 3.8) is 0 Å². The number of aromatic nitrogens is 1. The highest BCUT2D eigenvalue weighted by atomic mass is 32.2. The van der Waals surface area contributed by atoms with Gasteiger partial charge in [-0.2, -0.15) is 0 Å². The number of unbranched alkanes of at least 4 members (excludes halogenated alkanes) is 2. The van der Waals surface area contributed by atoms with E-state index in [-0.39, 0.29) is 5.56 Å². The summed E-state index contributed by atoms with van der Waals surface area (Å²) in [6, 6.07) is 39.8. The van der Waals surface area contributed by atoms with Crippen molar-refractivity contribution >= 4 is 82.8 Å². The van der Waals surface area contributed by atoms with Gasteiger partial charge in [0.1, 0.15) is 0 Å². The van der Waals surface area contributed by atoms with Gasteiger partial charge in [0.2, 0.25) is 5.43 Å². The lowest BCUT2D eigenvalue weighted by Crippen LogP contribution is -2.51. The minimum atomic E-state index is -4.43. The summed E-state index contributed by atoms with van der Waals surface area (Å²) < 4.78 is 37.6. The predicted octanol–water partition coefficient (Wildman–Crippen LogP) is 13.2. The lowest BCUT2D eigenvalue weighted by atomic mass is 9.85. The number of fused-ring (bicyclic) bond motifs is 6. The molecule has 4 aliphatic rings. The number of allylic oxidation sites excluding steroid dienone is 3. The van der Waals surface area contributed by atoms with E-state index in [9.17, 15) is 14.7 Å². The molecule has 0 bridgehead atoms. The first kappa shape index (κ1) is 42.7. The molecule has 4 aliphatic heterocycles. The quantitative estimate of drug-likeness (QED) is 0.0967. The number of nitrogens with zero attached hydrogens (tertiary/aromatic N) is 4. The Morgan fingerprint density at radius 2 is 1.16 bits per heavy atom. The number of aromatic hydroxyl groups is 1. The van der Waals surface area contributed by atoms with Crippen molar-refractivity contribution < 1.29 is 18.2 Å². The Morgan fingerprint density at radius 1 is 0.612 bits per heavy atom. The van der Waals surface area contributed by atoms with Crippen LogP contribution in [0.2, 0.25) is 0 Å². The van der Waals surface area contributed by atoms with Gasteiger partial charge in [-0.1, -0.05) is 117 Å². The summed E-state index contributed by atoms with van der Waals surface area (Å²) in [6.07, 6.45) is 15.1. The van der Waals surface area contributed by atoms with E-state index in [1.165, 1.54) is 21.2 Å². The Morgan fingerprint density at radius 3 is 1.75 bits per heavy atom. The molecule has 7 nitrogen and oxygen atoms in total. The number of hydrogen-bond acceptors (Lipinski definition) is 7. The Hall–Kier alpha value is -6.89. The van der Waals surface area contributed by atoms with Gasteiger partial charge in [-0.25, -0.2) is 0 Å². The molecule has 0 saturated carbocycles. The summed E-state index contributed by atoms with van der Waals surface area (Å²) in [5.41, 5.74) is 7.76. The second-order valence-electron chi connectivity index (χ2n) is 17.2. The molecule has 0 amide bonds. The molecule has 1 N–H and O–H groups in total. The minimum Gasteiger partial charge on any atom is -0.503 e. The van der Waals surface area contributed by atoms with Crippen molar-refractivity contribution in [1.82, 2.24) is 4.48 Å². The van der Waals surface area contributed by atoms with Crippen LogP contribution < -0.4 is 20.7 Å². The van der Waals surface area contributed by atoms with Crippen molar-refractivity contribution in [1.29, 1.82) is 0 Å². The van der Waals surface area contributed by atoms with Gasteiger partial charge in [-0.3, -0.25) is 9.59 Å². The fourth-order valence-electron chi connectivity index (χ4n) is 9.68. The molecule has 0 fully saturated rings. The molecule has 0 unspecified atom stereocenters. The van der Waals surface area contributed by atoms with Crippen LogP contribution in [0.5, 0.6) is 5.75 Å². The molecule has 67 heavy (non-hydrogen) atoms. The third-order valence-corrected chi connectivity index (χ3v) is 15.3. The molecule has 7 aromatic rings. The van der Waals surface area contributed by atoms with Gasteiger partial charge < -0.3 is 32.5 Å². The van der Waals surface area contributed by atoms with Crippen molar-refractivity contribution in [2.75, 3.05) is 22.9 Å². The maximum atomic E-state index is 17.7. The highest BCUT2D eigenvalue weighted by Gasteiger charge is 2.54. The summed E-state index contributed by atoms with van der Waals surface area (Å²) >= 11 is 3.45. The standard InChI is InChI=1S/C55H45BF2N4O3S2/c1-3-5-31-59-41-11-7-9-13-47(41)66-49-33-35(17-27-43(49)59)15-23-39-25-29-45-51(37-19-21-38(22-20-37)52-53(63)55(65)54(52)64)46-30-26-40(62(46)56(57,58)61(39)45)24-16-36-18-28-44-50(34-36)67-48-14-10-8-12-42(48)60(44)32-6-4-2/h7-30,33-34,63H,3-6,31-32H2,1-2H3/b23-15+,24-16+. The average Bonchev–Trinajstić information content (AvgIpc) is 3.99. The SMILES string of the molecule is CCCCN1c2ccccc2Sc2cc(/C=C/C3=[N+]4C(=C(c5ccc(-c6c(O)c(=O)c6=O)cc5)c5ccc(/C=C/c6ccc7c(c6)Sc6ccccc6N7CCCC)n5[B-]4(F)F)C=C3)ccc21. The van der Waals surface area contributed by atoms with Crippen molar-refractivity contribution in [3.05, 3.63) is 194 Å². The molecule has 332 valence electrons. The first-order valence-electron chi connectivity index (χ1n) is 22.8. The molecule has 0 spiro atoms. The maximum Gasteiger partial charge on any atom is 0.737 e. The Balaban J connectivity index is 0.979. The van der Waals surface area contributed by atoms with Crippen LogP contribution in [0.1, 0.15) is 67.6 Å². The fourth-order valence-corrected chi connectivity index (χ4v) is 12.0. The van der Waals surface area contributed by atoms with Gasteiger partial charge in [0, 0.05) is 62.3 Å². The van der Waals surface area contributed by atoms with Gasteiger partial charge in [0.05, 0.1) is 33.9 Å². The summed E-state index contributed by atoms with van der Waals surface area (Å²) in [7, 11) is 0. The van der Waals surface area contributed by atoms with Crippen LogP contribution in [0.15, 0.2) is 174 Å². The third kappa shape index (κ3) is 7.25. The average molecular weight is 923 g/mol. The predicted molar refractivity (Wildman–Crippen MR) is 272 cm³/mol. The first-order valence-corrected chi connectivity index (χ1v) is 24.5. The Labute approximate surface area is 396 Å². The van der Waals surface area contributed by atoms with Gasteiger partial charge in [0.25, 0.3) is 5.43 Å². The fraction of sp³-hybridized carbons (Fsp3) is 0.145. The number of hydrogen-bond donors (Lipinski definition) is 1. The molecule has 0 aliphatic carbocycles. The lowest BCUT2D eigenvalue weighted by molar-refractivity contribution is -0.360. The first-order chi connectivity index (χ1) is 32.6. The van der Waals surface area contributed by atoms with Crippen LogP contribution in [-0.2, 0) is 0 Å². The number of anilines is 4. The van der Waals surface area contributed by atoms with Crippen LogP contribution in [-0.4, -0.2) is 39.8 Å². The summed E-state index contributed by atoms with van der Waals surface area (Å²) in [4.78, 5) is 33.6. The van der Waals surface area contributed by atoms with Crippen molar-refractivity contribution in [3.8, 4) is 16.9 Å². The second-order valence-corrected chi connectivity index (χ2v) is 19.4. The van der Waals surface area contributed by atoms with Gasteiger partial charge in [-0.05, 0) is 108 Å². The topological polar surface area (TPSA) is 68.8 Å². The molecule has 6 aromatic carbocycles. The van der Waals surface area contributed by atoms with Crippen LogP contribution >= 0.6 is 23.5 Å². The smallest absolute Gasteiger partial charge is 0.503 e. The minimum absolute atomic E-state index is 0.0384. The molecular weight excluding hydrogens is 878 g/mol. The number of rotatable bonds is 12. The van der Waals surface area contributed by atoms with E-state index in [0.29, 0.717) is 39.5 Å². The zero-order valence-electron chi connectivity index (χ0n) is 37.0. The monoisotopic (exact) mass is 922 g/mol. The van der Waals surface area contributed by atoms with Gasteiger partial charge in [0.15, 0.2) is 17.2 Å². The van der Waals surface area contributed by atoms with Crippen molar-refractivity contribution in [2.45, 2.75) is 59.1 Å². The van der Waals surface area contributed by atoms with E-state index in [1.54, 1.807) is 84.2 Å². The van der Waals surface area contributed by atoms with Crippen LogP contribution in [0, 0.1) is 0 Å². The molecule has 0 atom stereocenters. The molecule has 5 heterocycles. The van der Waals surface area contributed by atoms with E-state index in [2.05, 4.69) is 96.4 Å². The molecule has 11 rings (SSSR count). The van der Waals surface area contributed by atoms with Crippen molar-refractivity contribution in [2.24, 2.45) is 0 Å². The van der Waals surface area contributed by atoms with E-state index >= 15 is 8.63 Å². The molecule has 0 radical (unpaired) electrons. The van der Waals surface area contributed by atoms with E-state index in [0.717, 1.165) is 80.0 Å². The zero-order valence-corrected chi connectivity index (χ0v) is 38.6. The van der Waals surface area contributed by atoms with E-state index < -0.39 is 23.6 Å². The van der Waals surface area contributed by atoms with Gasteiger partial charge >= 0.3 is 6.97 Å². The number of halogens is 2. The molecular formula is C55H45BF2N4O3S2. The van der Waals surface area contributed by atoms with Crippen LogP contribution in [0.3, 0.4) is 0 Å². The molecule has 12 heteroatoms. The molecule has 1 aromatic heterocycles. The van der Waals surface area contributed by atoms with Gasteiger partial charge in [-0.15, -0.1) is 0 Å². The van der Waals surface area contributed by atoms with Crippen LogP contribution in [0.4, 0.5) is 31.4 Å². The highest BCUT2D eigenvalue weighted by Crippen LogP contribution is 2.50. The van der Waals surface area contributed by atoms with E-state index in [1.807, 2.05) is 24.3 Å². The normalized spacial score (nSPS) is 15.6. The Kier molecular flexibility index (Phi) is 10.9. The summed E-state index contributed by atoms with van der Waals surface area (Å²) in [5.74, 6) is -0.562. The second kappa shape index (κ2) is 17.1. The maximum absolute atomic E-state index is 17.7.